The smallest absolute Gasteiger partial charge is 0.345 e. The average Bonchev–Trinajstić information content (AvgIpc) is 2.24. The van der Waals surface area contributed by atoms with Crippen LogP contribution in [0.25, 0.3) is 0 Å². The Morgan fingerprint density at radius 3 is 2.71 bits per heavy atom. The summed E-state index contributed by atoms with van der Waals surface area (Å²) in [5.74, 6) is 0.521. The molecule has 1 rings (SSSR count). The van der Waals surface area contributed by atoms with E-state index in [2.05, 4.69) is 6.92 Å². The third kappa shape index (κ3) is 4.36. The summed E-state index contributed by atoms with van der Waals surface area (Å²) in [6, 6.07) is 1.52. The van der Waals surface area contributed by atoms with Crippen LogP contribution < -0.4 is 5.63 Å². The molecule has 95 valence electrons. The molecular weight excluding hydrogens is 236 g/mol. The van der Waals surface area contributed by atoms with Crippen molar-refractivity contribution in [3.8, 4) is 5.75 Å². The maximum Gasteiger partial charge on any atom is 0.345 e. The largest absolute Gasteiger partial charge is 0.507 e. The lowest BCUT2D eigenvalue weighted by molar-refractivity contribution is 0.293. The number of rotatable bonds is 6. The third-order valence-corrected chi connectivity index (χ3v) is 3.08. The van der Waals surface area contributed by atoms with Crippen LogP contribution in [-0.2, 0) is 17.5 Å². The van der Waals surface area contributed by atoms with Crippen molar-refractivity contribution in [1.29, 1.82) is 0 Å². The van der Waals surface area contributed by atoms with E-state index in [1.807, 2.05) is 13.1 Å². The summed E-state index contributed by atoms with van der Waals surface area (Å²) >= 11 is 0. The Hall–Kier alpha value is -1.07. The molecule has 1 radical (unpaired) electrons. The molecule has 0 aliphatic rings. The summed E-state index contributed by atoms with van der Waals surface area (Å²) in [7, 11) is -0.881. The van der Waals surface area contributed by atoms with E-state index in [0.29, 0.717) is 12.2 Å². The second-order valence-corrected chi connectivity index (χ2v) is 6.27. The molecule has 0 saturated heterocycles. The summed E-state index contributed by atoms with van der Waals surface area (Å²) < 4.78 is 10.5. The van der Waals surface area contributed by atoms with E-state index in [1.54, 1.807) is 0 Å². The zero-order chi connectivity index (χ0) is 12.8. The molecule has 0 aliphatic heterocycles. The second-order valence-electron chi connectivity index (χ2n) is 4.16. The van der Waals surface area contributed by atoms with Gasteiger partial charge in [0.05, 0.1) is 6.61 Å². The van der Waals surface area contributed by atoms with Crippen molar-refractivity contribution in [2.24, 2.45) is 0 Å². The van der Waals surface area contributed by atoms with Gasteiger partial charge in [-0.3, -0.25) is 0 Å². The van der Waals surface area contributed by atoms with Crippen LogP contribution in [0.3, 0.4) is 0 Å². The Bertz CT molecular complexity index is 411. The summed E-state index contributed by atoms with van der Waals surface area (Å²) in [6.45, 7) is 6.13. The molecule has 0 aromatic carbocycles. The van der Waals surface area contributed by atoms with Crippen LogP contribution in [0, 0.1) is 0 Å². The van der Waals surface area contributed by atoms with Crippen LogP contribution in [0.4, 0.5) is 0 Å². The van der Waals surface area contributed by atoms with Gasteiger partial charge in [0.25, 0.3) is 0 Å². The average molecular weight is 255 g/mol. The Labute approximate surface area is 103 Å². The first-order valence-electron chi connectivity index (χ1n) is 5.82. The number of hydrogen-bond donors (Lipinski definition) is 1. The van der Waals surface area contributed by atoms with Gasteiger partial charge in [0, 0.05) is 12.5 Å². The summed E-state index contributed by atoms with van der Waals surface area (Å²) in [4.78, 5) is 11.6. The molecule has 0 amide bonds. The van der Waals surface area contributed by atoms with Crippen molar-refractivity contribution in [3.05, 3.63) is 27.8 Å². The van der Waals surface area contributed by atoms with Gasteiger partial charge < -0.3 is 13.9 Å². The van der Waals surface area contributed by atoms with Crippen molar-refractivity contribution in [3.63, 3.8) is 0 Å². The van der Waals surface area contributed by atoms with E-state index < -0.39 is 14.7 Å². The summed E-state index contributed by atoms with van der Waals surface area (Å²) in [5, 5.41) is 9.76. The maximum absolute atomic E-state index is 11.6. The van der Waals surface area contributed by atoms with Crippen LogP contribution in [0.1, 0.15) is 31.1 Å². The summed E-state index contributed by atoms with van der Waals surface area (Å²) in [6.07, 6.45) is 2.64. The van der Waals surface area contributed by atoms with Gasteiger partial charge in [0.15, 0.2) is 0 Å². The fourth-order valence-corrected chi connectivity index (χ4v) is 1.81. The predicted molar refractivity (Wildman–Crippen MR) is 67.5 cm³/mol. The van der Waals surface area contributed by atoms with Crippen LogP contribution in [-0.4, -0.2) is 14.1 Å². The fraction of sp³-hybridized carbons (Fsp3) is 0.583. The van der Waals surface area contributed by atoms with Crippen LogP contribution >= 0.6 is 0 Å². The first-order chi connectivity index (χ1) is 8.04. The molecule has 0 saturated carbocycles. The minimum absolute atomic E-state index is 0.0180. The third-order valence-electron chi connectivity index (χ3n) is 2.36. The van der Waals surface area contributed by atoms with E-state index in [0.717, 1.165) is 12.8 Å². The van der Waals surface area contributed by atoms with Crippen molar-refractivity contribution in [2.75, 3.05) is 0 Å². The zero-order valence-corrected chi connectivity index (χ0v) is 11.6. The van der Waals surface area contributed by atoms with Crippen molar-refractivity contribution in [2.45, 2.75) is 45.9 Å². The fourth-order valence-electron chi connectivity index (χ4n) is 1.38. The minimum Gasteiger partial charge on any atom is -0.507 e. The molecule has 4 nitrogen and oxygen atoms in total. The molecule has 0 atom stereocenters. The van der Waals surface area contributed by atoms with Crippen LogP contribution in [0.2, 0.25) is 13.1 Å². The van der Waals surface area contributed by atoms with Gasteiger partial charge in [-0.15, -0.1) is 0 Å². The highest BCUT2D eigenvalue weighted by Crippen LogP contribution is 2.17. The molecule has 0 unspecified atom stereocenters. The molecule has 5 heteroatoms. The Morgan fingerprint density at radius 2 is 2.18 bits per heavy atom. The number of aromatic hydroxyl groups is 1. The minimum atomic E-state index is -0.881. The number of hydrogen-bond acceptors (Lipinski definition) is 4. The van der Waals surface area contributed by atoms with Gasteiger partial charge >= 0.3 is 5.63 Å². The topological polar surface area (TPSA) is 59.7 Å². The summed E-state index contributed by atoms with van der Waals surface area (Å²) in [5.41, 5.74) is -0.268. The maximum atomic E-state index is 11.6. The number of aryl methyl sites for hydroxylation is 1. The lowest BCUT2D eigenvalue weighted by Crippen LogP contribution is -2.14. The van der Waals surface area contributed by atoms with Gasteiger partial charge in [-0.25, -0.2) is 4.79 Å². The first kappa shape index (κ1) is 14.0. The molecular formula is C12H19O4Si. The van der Waals surface area contributed by atoms with E-state index in [1.165, 1.54) is 6.07 Å². The van der Waals surface area contributed by atoms with Gasteiger partial charge in [0.1, 0.15) is 17.1 Å². The van der Waals surface area contributed by atoms with Gasteiger partial charge in [-0.1, -0.05) is 13.3 Å². The van der Waals surface area contributed by atoms with Gasteiger partial charge in [-0.05, 0) is 19.5 Å². The molecule has 17 heavy (non-hydrogen) atoms. The van der Waals surface area contributed by atoms with Crippen LogP contribution in [0.5, 0.6) is 5.75 Å². The van der Waals surface area contributed by atoms with Crippen molar-refractivity contribution < 1.29 is 13.9 Å². The standard InChI is InChI=1S/C12H19O4Si/c1-4-5-6-9-7-11(13)10(12(14)16-9)8-15-17(2)3/h7,13H,4-6,8H2,1-3H3. The Morgan fingerprint density at radius 1 is 1.47 bits per heavy atom. The first-order valence-corrected chi connectivity index (χ1v) is 8.23. The molecule has 1 aromatic rings. The molecule has 0 bridgehead atoms. The lowest BCUT2D eigenvalue weighted by atomic mass is 10.2. The molecule has 1 heterocycles. The van der Waals surface area contributed by atoms with E-state index >= 15 is 0 Å². The molecule has 0 fully saturated rings. The molecule has 1 N–H and O–H groups in total. The van der Waals surface area contributed by atoms with Crippen LogP contribution in [0.15, 0.2) is 15.3 Å². The highest BCUT2D eigenvalue weighted by Gasteiger charge is 2.12. The quantitative estimate of drug-likeness (QED) is 0.793. The Balaban J connectivity index is 2.83. The molecule has 0 aliphatic carbocycles. The van der Waals surface area contributed by atoms with Gasteiger partial charge in [0.2, 0.25) is 9.04 Å². The zero-order valence-electron chi connectivity index (χ0n) is 10.6. The predicted octanol–water partition coefficient (Wildman–Crippen LogP) is 2.46. The van der Waals surface area contributed by atoms with E-state index in [4.69, 9.17) is 8.84 Å². The van der Waals surface area contributed by atoms with Crippen molar-refractivity contribution in [1.82, 2.24) is 0 Å². The van der Waals surface area contributed by atoms with Crippen molar-refractivity contribution >= 4 is 9.04 Å². The molecule has 1 aromatic heterocycles. The highest BCUT2D eigenvalue weighted by atomic mass is 28.3. The van der Waals surface area contributed by atoms with E-state index in [-0.39, 0.29) is 17.9 Å². The Kier molecular flexibility index (Phi) is 5.44. The SMILES string of the molecule is CCCCc1cc(O)c(CO[Si](C)C)c(=O)o1. The number of unbranched alkanes of at least 4 members (excludes halogenated alkanes) is 1. The second kappa shape index (κ2) is 6.61. The van der Waals surface area contributed by atoms with E-state index in [9.17, 15) is 9.90 Å². The lowest BCUT2D eigenvalue weighted by Gasteiger charge is -2.07. The normalized spacial score (nSPS) is 11.1. The highest BCUT2D eigenvalue weighted by molar-refractivity contribution is 6.48. The van der Waals surface area contributed by atoms with Gasteiger partial charge in [-0.2, -0.15) is 0 Å². The molecule has 0 spiro atoms. The monoisotopic (exact) mass is 255 g/mol.